The molecule has 1 saturated heterocycles. The first kappa shape index (κ1) is 17.8. The first-order valence-corrected chi connectivity index (χ1v) is 11.6. The standard InChI is InChI=1S/C19H20N4O3S2/c1-13-8-9-17(27-13)28(25,26)23-10-4-7-16(23)18(24)22-12-11-21-15-6-3-2-5-14(15)20-19(21)22/h2-3,5-6,8-9,16H,4,7,10-12H2,1H3. The second-order valence-electron chi connectivity index (χ2n) is 7.18. The minimum atomic E-state index is -3.67. The first-order valence-electron chi connectivity index (χ1n) is 9.32. The molecule has 0 radical (unpaired) electrons. The highest BCUT2D eigenvalue weighted by Crippen LogP contribution is 2.33. The van der Waals surface area contributed by atoms with Crippen LogP contribution < -0.4 is 4.90 Å². The second kappa shape index (κ2) is 6.40. The number of aryl methyl sites for hydroxylation is 1. The lowest BCUT2D eigenvalue weighted by molar-refractivity contribution is -0.121. The molecule has 0 saturated carbocycles. The number of fused-ring (bicyclic) bond motifs is 3. The van der Waals surface area contributed by atoms with E-state index in [-0.39, 0.29) is 5.91 Å². The number of carbonyl (C=O) groups is 1. The molecule has 0 spiro atoms. The van der Waals surface area contributed by atoms with Crippen LogP contribution in [0.25, 0.3) is 11.0 Å². The van der Waals surface area contributed by atoms with Gasteiger partial charge in [0.25, 0.3) is 10.0 Å². The lowest BCUT2D eigenvalue weighted by atomic mass is 10.2. The van der Waals surface area contributed by atoms with Gasteiger partial charge in [0.2, 0.25) is 11.9 Å². The molecule has 5 rings (SSSR count). The Morgan fingerprint density at radius 2 is 1.96 bits per heavy atom. The molecule has 1 amide bonds. The summed E-state index contributed by atoms with van der Waals surface area (Å²) < 4.78 is 29.9. The van der Waals surface area contributed by atoms with Crippen LogP contribution >= 0.6 is 11.3 Å². The third-order valence-electron chi connectivity index (χ3n) is 5.46. The normalized spacial score (nSPS) is 20.2. The summed E-state index contributed by atoms with van der Waals surface area (Å²) in [5, 5.41) is 0. The number of anilines is 1. The van der Waals surface area contributed by atoms with Gasteiger partial charge in [-0.3, -0.25) is 9.69 Å². The molecule has 1 atom stereocenters. The van der Waals surface area contributed by atoms with E-state index in [0.29, 0.717) is 42.6 Å². The van der Waals surface area contributed by atoms with Crippen LogP contribution in [0.2, 0.25) is 0 Å². The van der Waals surface area contributed by atoms with Crippen LogP contribution in [0.5, 0.6) is 0 Å². The number of imidazole rings is 1. The maximum absolute atomic E-state index is 13.4. The molecule has 28 heavy (non-hydrogen) atoms. The molecule has 3 aromatic rings. The quantitative estimate of drug-likeness (QED) is 0.658. The number of carbonyl (C=O) groups excluding carboxylic acids is 1. The summed E-state index contributed by atoms with van der Waals surface area (Å²) >= 11 is 1.25. The number of hydrogen-bond donors (Lipinski definition) is 0. The van der Waals surface area contributed by atoms with Crippen molar-refractivity contribution in [1.82, 2.24) is 13.9 Å². The monoisotopic (exact) mass is 416 g/mol. The molecule has 2 aliphatic rings. The number of sulfonamides is 1. The molecule has 146 valence electrons. The summed E-state index contributed by atoms with van der Waals surface area (Å²) in [7, 11) is -3.67. The summed E-state index contributed by atoms with van der Waals surface area (Å²) in [6, 6.07) is 10.6. The number of nitrogens with zero attached hydrogens (tertiary/aromatic N) is 4. The van der Waals surface area contributed by atoms with Crippen molar-refractivity contribution in [2.75, 3.05) is 18.0 Å². The second-order valence-corrected chi connectivity index (χ2v) is 10.6. The Balaban J connectivity index is 1.48. The molecule has 1 fully saturated rings. The Hall–Kier alpha value is -2.23. The zero-order valence-corrected chi connectivity index (χ0v) is 17.0. The van der Waals surface area contributed by atoms with E-state index < -0.39 is 16.1 Å². The van der Waals surface area contributed by atoms with Gasteiger partial charge in [0, 0.05) is 24.5 Å². The van der Waals surface area contributed by atoms with Gasteiger partial charge in [-0.25, -0.2) is 13.4 Å². The van der Waals surface area contributed by atoms with Crippen molar-refractivity contribution in [2.24, 2.45) is 0 Å². The van der Waals surface area contributed by atoms with Gasteiger partial charge in [0.15, 0.2) is 0 Å². The number of benzene rings is 1. The number of hydrogen-bond acceptors (Lipinski definition) is 5. The van der Waals surface area contributed by atoms with E-state index in [4.69, 9.17) is 0 Å². The number of rotatable bonds is 3. The van der Waals surface area contributed by atoms with Gasteiger partial charge in [-0.05, 0) is 44.0 Å². The zero-order valence-electron chi connectivity index (χ0n) is 15.4. The van der Waals surface area contributed by atoms with E-state index in [1.807, 2.05) is 35.8 Å². The molecule has 2 aromatic heterocycles. The Morgan fingerprint density at radius 1 is 1.14 bits per heavy atom. The van der Waals surface area contributed by atoms with Crippen LogP contribution in [0.3, 0.4) is 0 Å². The summed E-state index contributed by atoms with van der Waals surface area (Å²) in [5.74, 6) is 0.436. The summed E-state index contributed by atoms with van der Waals surface area (Å²) in [4.78, 5) is 20.6. The predicted molar refractivity (Wildman–Crippen MR) is 108 cm³/mol. The molecule has 1 aromatic carbocycles. The number of aromatic nitrogens is 2. The third kappa shape index (κ3) is 2.61. The molecule has 1 unspecified atom stereocenters. The van der Waals surface area contributed by atoms with Gasteiger partial charge in [-0.2, -0.15) is 4.31 Å². The molecule has 4 heterocycles. The van der Waals surface area contributed by atoms with E-state index in [1.165, 1.54) is 15.6 Å². The molecule has 9 heteroatoms. The van der Waals surface area contributed by atoms with Crippen LogP contribution in [-0.4, -0.2) is 47.3 Å². The van der Waals surface area contributed by atoms with Crippen molar-refractivity contribution in [3.63, 3.8) is 0 Å². The fourth-order valence-corrected chi connectivity index (χ4v) is 7.18. The Labute approximate surface area is 167 Å². The topological polar surface area (TPSA) is 75.5 Å². The fraction of sp³-hybridized carbons (Fsp3) is 0.368. The van der Waals surface area contributed by atoms with E-state index in [1.54, 1.807) is 17.0 Å². The zero-order chi connectivity index (χ0) is 19.5. The fourth-order valence-electron chi connectivity index (χ4n) is 4.12. The smallest absolute Gasteiger partial charge is 0.253 e. The van der Waals surface area contributed by atoms with E-state index in [2.05, 4.69) is 4.98 Å². The SMILES string of the molecule is Cc1ccc(S(=O)(=O)N2CCCC2C(=O)N2CCn3c2nc2ccccc23)s1. The molecule has 2 aliphatic heterocycles. The Morgan fingerprint density at radius 3 is 2.75 bits per heavy atom. The minimum absolute atomic E-state index is 0.177. The highest BCUT2D eigenvalue weighted by Gasteiger charge is 2.43. The predicted octanol–water partition coefficient (Wildman–Crippen LogP) is 2.61. The van der Waals surface area contributed by atoms with Gasteiger partial charge in [-0.15, -0.1) is 11.3 Å². The lowest BCUT2D eigenvalue weighted by Crippen LogP contribution is -2.47. The highest BCUT2D eigenvalue weighted by atomic mass is 32.2. The van der Waals surface area contributed by atoms with Crippen molar-refractivity contribution in [2.45, 2.75) is 36.6 Å². The molecular weight excluding hydrogens is 396 g/mol. The Bertz CT molecular complexity index is 1180. The number of para-hydroxylation sites is 2. The van der Waals surface area contributed by atoms with Gasteiger partial charge in [0.1, 0.15) is 10.3 Å². The van der Waals surface area contributed by atoms with Crippen LogP contribution in [-0.2, 0) is 21.4 Å². The Kier molecular flexibility index (Phi) is 4.08. The van der Waals surface area contributed by atoms with Crippen molar-refractivity contribution in [3.05, 3.63) is 41.3 Å². The third-order valence-corrected chi connectivity index (χ3v) is 8.83. The highest BCUT2D eigenvalue weighted by molar-refractivity contribution is 7.91. The minimum Gasteiger partial charge on any atom is -0.308 e. The maximum Gasteiger partial charge on any atom is 0.253 e. The van der Waals surface area contributed by atoms with Crippen molar-refractivity contribution in [3.8, 4) is 0 Å². The van der Waals surface area contributed by atoms with Crippen LogP contribution in [0.15, 0.2) is 40.6 Å². The lowest BCUT2D eigenvalue weighted by Gasteiger charge is -2.26. The van der Waals surface area contributed by atoms with E-state index in [9.17, 15) is 13.2 Å². The van der Waals surface area contributed by atoms with Crippen molar-refractivity contribution in [1.29, 1.82) is 0 Å². The maximum atomic E-state index is 13.4. The number of amides is 1. The van der Waals surface area contributed by atoms with Crippen molar-refractivity contribution >= 4 is 44.2 Å². The van der Waals surface area contributed by atoms with Gasteiger partial charge >= 0.3 is 0 Å². The van der Waals surface area contributed by atoms with Crippen LogP contribution in [0.4, 0.5) is 5.95 Å². The van der Waals surface area contributed by atoms with Crippen molar-refractivity contribution < 1.29 is 13.2 Å². The van der Waals surface area contributed by atoms with Gasteiger partial charge < -0.3 is 4.57 Å². The van der Waals surface area contributed by atoms with Crippen LogP contribution in [0.1, 0.15) is 17.7 Å². The molecule has 7 nitrogen and oxygen atoms in total. The molecule has 0 bridgehead atoms. The van der Waals surface area contributed by atoms with Crippen LogP contribution in [0, 0.1) is 6.92 Å². The summed E-state index contributed by atoms with van der Waals surface area (Å²) in [5.41, 5.74) is 1.85. The first-order chi connectivity index (χ1) is 13.5. The summed E-state index contributed by atoms with van der Waals surface area (Å²) in [6.45, 7) is 3.45. The van der Waals surface area contributed by atoms with Gasteiger partial charge in [0.05, 0.1) is 11.0 Å². The largest absolute Gasteiger partial charge is 0.308 e. The average Bonchev–Trinajstić information content (AvgIpc) is 3.44. The van der Waals surface area contributed by atoms with E-state index in [0.717, 1.165) is 15.9 Å². The molecular formula is C19H20N4O3S2. The van der Waals surface area contributed by atoms with Gasteiger partial charge in [-0.1, -0.05) is 12.1 Å². The number of thiophene rings is 1. The average molecular weight is 417 g/mol. The molecule has 0 aliphatic carbocycles. The summed E-state index contributed by atoms with van der Waals surface area (Å²) in [6.07, 6.45) is 1.23. The molecule has 0 N–H and O–H groups in total. The van der Waals surface area contributed by atoms with E-state index >= 15 is 0 Å².